The minimum atomic E-state index is 0.876. The van der Waals surface area contributed by atoms with E-state index in [0.29, 0.717) is 0 Å². The van der Waals surface area contributed by atoms with Crippen LogP contribution in [-0.2, 0) is 0 Å². The van der Waals surface area contributed by atoms with Crippen molar-refractivity contribution >= 4 is 173 Å². The van der Waals surface area contributed by atoms with Crippen molar-refractivity contribution in [2.45, 2.75) is 0 Å². The number of benzene rings is 18. The lowest BCUT2D eigenvalue weighted by molar-refractivity contribution is 0.669. The first-order valence-corrected chi connectivity index (χ1v) is 38.1. The first-order chi connectivity index (χ1) is 55.0. The predicted molar refractivity (Wildman–Crippen MR) is 464 cm³/mol. The molecular formula is C102H60N6O2S. The Labute approximate surface area is 639 Å². The van der Waals surface area contributed by atoms with Crippen molar-refractivity contribution in [3.8, 4) is 67.5 Å². The summed E-state index contributed by atoms with van der Waals surface area (Å²) in [4.78, 5) is 31.5. The Morgan fingerprint density at radius 2 is 0.577 bits per heavy atom. The Balaban J connectivity index is 0.000000103. The van der Waals surface area contributed by atoms with Crippen LogP contribution >= 0.6 is 11.3 Å². The summed E-state index contributed by atoms with van der Waals surface area (Å²) in [6.07, 6.45) is 0. The first-order valence-electron chi connectivity index (χ1n) is 37.3. The van der Waals surface area contributed by atoms with E-state index < -0.39 is 0 Å². The Hall–Kier alpha value is -14.6. The van der Waals surface area contributed by atoms with E-state index in [1.54, 1.807) is 0 Å². The maximum atomic E-state index is 6.21. The number of para-hydroxylation sites is 4. The van der Waals surface area contributed by atoms with E-state index in [2.05, 4.69) is 291 Å². The van der Waals surface area contributed by atoms with Crippen LogP contribution in [-0.4, -0.2) is 29.9 Å². The molecule has 0 saturated carbocycles. The molecule has 6 aromatic heterocycles. The largest absolute Gasteiger partial charge is 0.456 e. The monoisotopic (exact) mass is 1430 g/mol. The van der Waals surface area contributed by atoms with Gasteiger partial charge in [0.05, 0.1) is 67.3 Å². The molecule has 0 N–H and O–H groups in total. The molecular weight excluding hydrogens is 1370 g/mol. The smallest absolute Gasteiger partial charge is 0.136 e. The van der Waals surface area contributed by atoms with Crippen LogP contribution in [0.3, 0.4) is 0 Å². The van der Waals surface area contributed by atoms with Gasteiger partial charge in [-0.1, -0.05) is 285 Å². The molecule has 0 unspecified atom stereocenters. The van der Waals surface area contributed by atoms with Crippen molar-refractivity contribution in [1.29, 1.82) is 0 Å². The van der Waals surface area contributed by atoms with Crippen molar-refractivity contribution in [2.24, 2.45) is 0 Å². The highest BCUT2D eigenvalue weighted by Gasteiger charge is 2.24. The molecule has 6 heterocycles. The minimum absolute atomic E-state index is 0.876. The fourth-order valence-corrected chi connectivity index (χ4v) is 17.8. The zero-order chi connectivity index (χ0) is 73.0. The molecule has 0 saturated heterocycles. The molecule has 0 atom stereocenters. The van der Waals surface area contributed by atoms with Gasteiger partial charge in [-0.05, 0) is 133 Å². The predicted octanol–water partition coefficient (Wildman–Crippen LogP) is 28.0. The van der Waals surface area contributed by atoms with Crippen LogP contribution in [0.15, 0.2) is 373 Å². The summed E-state index contributed by atoms with van der Waals surface area (Å²) < 4.78 is 15.0. The van der Waals surface area contributed by atoms with Crippen molar-refractivity contribution in [3.63, 3.8) is 0 Å². The van der Waals surface area contributed by atoms with Crippen LogP contribution in [0.2, 0.25) is 0 Å². The Kier molecular flexibility index (Phi) is 15.0. The molecule has 0 radical (unpaired) electrons. The van der Waals surface area contributed by atoms with Gasteiger partial charge in [0.25, 0.3) is 0 Å². The Morgan fingerprint density at radius 1 is 0.189 bits per heavy atom. The SMILES string of the molecule is c1ccc(-c2nc3ccc4ccccc4c3nc2-c2cccc3c2ccc2sc4ccccc4c23)cc1.c1ccc(-c2nc3ccccc3nc2-c2cccc3c2ccc2oc4ccccc4c23)cc1.c1ccc2cc(-c3nc4c(ccc5ccccc54)nc3-c3cccc4c3ccc3oc5ccccc5c34)ccc2c1. The fourth-order valence-electron chi connectivity index (χ4n) is 16.6. The van der Waals surface area contributed by atoms with Crippen LogP contribution in [0.5, 0.6) is 0 Å². The maximum absolute atomic E-state index is 6.21. The number of thiophene rings is 1. The van der Waals surface area contributed by atoms with E-state index >= 15 is 0 Å². The lowest BCUT2D eigenvalue weighted by atomic mass is 9.95. The second-order valence-corrected chi connectivity index (χ2v) is 29.3. The summed E-state index contributed by atoms with van der Waals surface area (Å²) in [6.45, 7) is 0. The maximum Gasteiger partial charge on any atom is 0.136 e. The number of hydrogen-bond donors (Lipinski definition) is 0. The summed E-state index contributed by atoms with van der Waals surface area (Å²) in [5.41, 5.74) is 20.8. The summed E-state index contributed by atoms with van der Waals surface area (Å²) in [5, 5.41) is 21.1. The lowest BCUT2D eigenvalue weighted by Crippen LogP contribution is -1.97. The number of aromatic nitrogens is 6. The molecule has 0 aliphatic carbocycles. The van der Waals surface area contributed by atoms with Gasteiger partial charge in [-0.25, -0.2) is 29.9 Å². The van der Waals surface area contributed by atoms with E-state index in [9.17, 15) is 0 Å². The summed E-state index contributed by atoms with van der Waals surface area (Å²) >= 11 is 1.85. The van der Waals surface area contributed by atoms with E-state index in [1.165, 1.54) is 47.1 Å². The Bertz CT molecular complexity index is 7930. The first kappa shape index (κ1) is 63.6. The molecule has 0 aliphatic heterocycles. The molecule has 0 bridgehead atoms. The van der Waals surface area contributed by atoms with Gasteiger partial charge in [0.2, 0.25) is 0 Å². The summed E-state index contributed by atoms with van der Waals surface area (Å²) in [6, 6.07) is 127. The average molecular weight is 1430 g/mol. The molecule has 516 valence electrons. The highest BCUT2D eigenvalue weighted by Crippen LogP contribution is 2.47. The standard InChI is InChI=1S/C38H22N2O.C34H20N2S.C30H18N2O/c1-2-10-25-22-26(17-16-23(25)8-1)36-38(39-32-20-18-24-9-3-4-11-27(24)37(32)40-36)30-14-7-13-29-28(30)19-21-34-35(29)31-12-5-6-15-33(31)41-34;1-2-10-22(11-3-1)32-34(36-33-23-12-5-4-9-21(23)17-19-28(33)35-32)26-15-8-14-25-24(26)18-20-30-31(25)27-13-6-7-16-29(27)37-30;1-2-9-19(10-3-1)29-30(32-25-15-6-5-14-24(25)31-29)22-13-8-12-21-20(22)17-18-27-28(21)23-11-4-7-16-26(23)33-27/h1-22H;1-20H;1-18H. The van der Waals surface area contributed by atoms with Crippen molar-refractivity contribution in [1.82, 2.24) is 29.9 Å². The molecule has 18 aromatic carbocycles. The molecule has 8 nitrogen and oxygen atoms in total. The van der Waals surface area contributed by atoms with Crippen molar-refractivity contribution in [3.05, 3.63) is 364 Å². The number of rotatable bonds is 6. The minimum Gasteiger partial charge on any atom is -0.456 e. The molecule has 24 aromatic rings. The molecule has 0 amide bonds. The van der Waals surface area contributed by atoms with E-state index in [1.807, 2.05) is 84.1 Å². The van der Waals surface area contributed by atoms with E-state index in [4.69, 9.17) is 38.7 Å². The van der Waals surface area contributed by atoms with Gasteiger partial charge in [-0.3, -0.25) is 0 Å². The van der Waals surface area contributed by atoms with Gasteiger partial charge in [0.15, 0.2) is 0 Å². The van der Waals surface area contributed by atoms with Gasteiger partial charge >= 0.3 is 0 Å². The fraction of sp³-hybridized carbons (Fsp3) is 0. The van der Waals surface area contributed by atoms with Crippen LogP contribution in [0.25, 0.3) is 229 Å². The quantitative estimate of drug-likeness (QED) is 0.152. The second-order valence-electron chi connectivity index (χ2n) is 28.2. The highest BCUT2D eigenvalue weighted by atomic mass is 32.1. The zero-order valence-corrected chi connectivity index (χ0v) is 60.4. The summed E-state index contributed by atoms with van der Waals surface area (Å²) in [5.74, 6) is 0. The molecule has 111 heavy (non-hydrogen) atoms. The molecule has 0 aliphatic rings. The van der Waals surface area contributed by atoms with Crippen molar-refractivity contribution in [2.75, 3.05) is 0 Å². The molecule has 9 heteroatoms. The van der Waals surface area contributed by atoms with Crippen molar-refractivity contribution < 1.29 is 8.83 Å². The van der Waals surface area contributed by atoms with Gasteiger partial charge in [0, 0.05) is 85.9 Å². The van der Waals surface area contributed by atoms with Gasteiger partial charge in [0.1, 0.15) is 22.3 Å². The third-order valence-electron chi connectivity index (χ3n) is 21.8. The number of fused-ring (bicyclic) bond motifs is 23. The third-order valence-corrected chi connectivity index (χ3v) is 22.9. The number of furan rings is 2. The van der Waals surface area contributed by atoms with Crippen LogP contribution in [0.1, 0.15) is 0 Å². The van der Waals surface area contributed by atoms with Crippen LogP contribution in [0.4, 0.5) is 0 Å². The topological polar surface area (TPSA) is 104 Å². The van der Waals surface area contributed by atoms with Gasteiger partial charge in [-0.2, -0.15) is 0 Å². The summed E-state index contributed by atoms with van der Waals surface area (Å²) in [7, 11) is 0. The van der Waals surface area contributed by atoms with Crippen LogP contribution in [0, 0.1) is 0 Å². The van der Waals surface area contributed by atoms with Crippen LogP contribution < -0.4 is 0 Å². The zero-order valence-electron chi connectivity index (χ0n) is 59.5. The average Bonchev–Trinajstić information content (AvgIpc) is 1.73. The van der Waals surface area contributed by atoms with Gasteiger partial charge in [-0.15, -0.1) is 11.3 Å². The molecule has 24 rings (SSSR count). The van der Waals surface area contributed by atoms with E-state index in [-0.39, 0.29) is 0 Å². The highest BCUT2D eigenvalue weighted by molar-refractivity contribution is 7.26. The number of nitrogens with zero attached hydrogens (tertiary/aromatic N) is 6. The number of hydrogen-bond acceptors (Lipinski definition) is 9. The molecule has 0 fully saturated rings. The molecule has 0 spiro atoms. The normalized spacial score (nSPS) is 11.8. The van der Waals surface area contributed by atoms with E-state index in [0.717, 1.165) is 182 Å². The van der Waals surface area contributed by atoms with Gasteiger partial charge < -0.3 is 8.83 Å². The third kappa shape index (κ3) is 10.7. The lowest BCUT2D eigenvalue weighted by Gasteiger charge is -2.14. The second kappa shape index (κ2) is 26.1. The Morgan fingerprint density at radius 3 is 1.14 bits per heavy atom.